The van der Waals surface area contributed by atoms with Crippen LogP contribution in [0.2, 0.25) is 0 Å². The first kappa shape index (κ1) is 149. The summed E-state index contributed by atoms with van der Waals surface area (Å²) < 4.78 is 102. The normalized spacial score (nSPS) is 6.00. The fourth-order valence-corrected chi connectivity index (χ4v) is 0. The van der Waals surface area contributed by atoms with Gasteiger partial charge in [-0.2, -0.15) is 5.84 Å². The molecule has 0 saturated carbocycles. The van der Waals surface area contributed by atoms with Crippen molar-refractivity contribution < 1.29 is 91.7 Å². The minimum atomic E-state index is -5.17. The largest absolute Gasteiger partial charge is 3.00 e. The molecule has 0 spiro atoms. The van der Waals surface area contributed by atoms with E-state index in [4.69, 9.17) is 52.6 Å². The van der Waals surface area contributed by atoms with Crippen molar-refractivity contribution in [2.45, 2.75) is 0 Å². The molecule has 0 unspecified atom stereocenters. The second-order valence-corrected chi connectivity index (χ2v) is 3.67. The molecule has 0 saturated heterocycles. The first-order chi connectivity index (χ1) is 7.00. The van der Waals surface area contributed by atoms with Crippen LogP contribution in [0.4, 0.5) is 0 Å². The van der Waals surface area contributed by atoms with Gasteiger partial charge in [0.2, 0.25) is 0 Å². The van der Waals surface area contributed by atoms with E-state index in [0.717, 1.165) is 0 Å². The molecule has 0 aromatic carbocycles. The topological polar surface area (TPSA) is 679 Å². The molecule has 30 heteroatoms. The van der Waals surface area contributed by atoms with Gasteiger partial charge in [0, 0.05) is 31.2 Å². The van der Waals surface area contributed by atoms with Crippen LogP contribution in [-0.2, 0) is 64.5 Å². The number of hydrogen-bond donors (Lipinski definition) is 13. The van der Waals surface area contributed by atoms with E-state index >= 15 is 0 Å². The second kappa shape index (κ2) is 70.1. The Labute approximate surface area is 196 Å². The molecular weight excluding hydrogens is 588 g/mol. The minimum Gasteiger partial charge on any atom is -0.759 e. The third-order valence-corrected chi connectivity index (χ3v) is 0. The zero-order chi connectivity index (χ0) is 15.5. The predicted molar refractivity (Wildman–Crippen MR) is 93.7 cm³/mol. The summed E-state index contributed by atoms with van der Waals surface area (Å²) in [6.45, 7) is 0. The molecule has 0 bridgehead atoms. The summed E-state index contributed by atoms with van der Waals surface area (Å²) >= 11 is 0. The van der Waals surface area contributed by atoms with E-state index in [2.05, 4.69) is 11.7 Å². The van der Waals surface area contributed by atoms with Crippen LogP contribution in [-0.4, -0.2) is 52.6 Å². The Hall–Kier alpha value is 0.0900. The van der Waals surface area contributed by atoms with Gasteiger partial charge in [-0.1, -0.05) is 0 Å². The summed E-state index contributed by atoms with van der Waals surface area (Å²) in [5.41, 5.74) is 0. The smallest absolute Gasteiger partial charge is 0.759 e. The van der Waals surface area contributed by atoms with Crippen LogP contribution in [0.3, 0.4) is 0 Å². The maximum atomic E-state index is 8.52. The van der Waals surface area contributed by atoms with E-state index in [-0.39, 0.29) is 101 Å². The van der Waals surface area contributed by atoms with Crippen LogP contribution in [0.15, 0.2) is 0 Å². The van der Waals surface area contributed by atoms with Crippen molar-refractivity contribution >= 4 is 31.2 Å². The monoisotopic (exact) mass is 625 g/mol. The summed E-state index contributed by atoms with van der Waals surface area (Å²) in [5, 5.41) is 0. The van der Waals surface area contributed by atoms with Crippen LogP contribution < -0.4 is 79.3 Å². The molecule has 0 heterocycles. The summed E-state index contributed by atoms with van der Waals surface area (Å²) in [6, 6.07) is 0. The van der Waals surface area contributed by atoms with E-state index in [9.17, 15) is 0 Å². The van der Waals surface area contributed by atoms with E-state index in [0.29, 0.717) is 0 Å². The minimum absolute atomic E-state index is 0. The fourth-order valence-electron chi connectivity index (χ4n) is 0. The quantitative estimate of drug-likeness (QED) is 0.0399. The standard InChI is InChI=1S/Co.H4N2.11H3N.Ni.3H2O4S/c;1-2;;;;;;;;;;;;;3*1-5(2,3)4/h;1-2H2;11*1H3;;3*(H2,1,2,3,4)/q+3;;;;;;;;;;;;;+2;;;/p-5. The van der Waals surface area contributed by atoms with Crippen LogP contribution in [0, 0.1) is 0 Å². The van der Waals surface area contributed by atoms with Crippen molar-refractivity contribution in [3.05, 3.63) is 0 Å². The van der Waals surface area contributed by atoms with E-state index in [1.165, 1.54) is 0 Å². The van der Waals surface area contributed by atoms with Crippen molar-refractivity contribution in [2.75, 3.05) is 0 Å². The first-order valence-corrected chi connectivity index (χ1v) is 6.41. The molecule has 0 aliphatic carbocycles. The van der Waals surface area contributed by atoms with E-state index < -0.39 is 31.2 Å². The number of quaternary nitrogens is 1. The van der Waals surface area contributed by atoms with Crippen LogP contribution in [0.25, 0.3) is 0 Å². The Kier molecular flexibility index (Phi) is 347. The van der Waals surface area contributed by atoms with Gasteiger partial charge in [-0.25, -0.2) is 0 Å². The van der Waals surface area contributed by atoms with Gasteiger partial charge < -0.3 is 95.0 Å². The maximum absolute atomic E-state index is 8.52. The maximum Gasteiger partial charge on any atom is 3.00 e. The average Bonchev–Trinajstić information content (AvgIpc) is 1.77. The molecule has 38 N–H and O–H groups in total. The molecular formula is H38CoN13NiO12S3. The first-order valence-electron chi connectivity index (χ1n) is 2.41. The zero-order valence-corrected chi connectivity index (χ0v) is 20.3. The SMILES string of the molecule is N.N.N.N.N.N.N.N.N.N.N.N[NH3+].O=S(=O)([O-])[O-].O=S(=O)([O-])[O-].O=S(=O)([O-])[O-].[Co+3].[Ni+2]. The van der Waals surface area contributed by atoms with Gasteiger partial charge in [0.1, 0.15) is 0 Å². The summed E-state index contributed by atoms with van der Waals surface area (Å²) in [7, 11) is -15.5. The van der Waals surface area contributed by atoms with Gasteiger partial charge >= 0.3 is 33.3 Å². The van der Waals surface area contributed by atoms with Crippen molar-refractivity contribution in [3.63, 3.8) is 0 Å². The van der Waals surface area contributed by atoms with Crippen molar-refractivity contribution in [2.24, 2.45) is 5.84 Å². The Bertz CT molecular complexity index is 372. The summed E-state index contributed by atoms with van der Waals surface area (Å²) in [6.07, 6.45) is 0. The van der Waals surface area contributed by atoms with Crippen molar-refractivity contribution in [1.82, 2.24) is 67.7 Å². The third-order valence-electron chi connectivity index (χ3n) is 0. The summed E-state index contributed by atoms with van der Waals surface area (Å²) in [5.74, 6) is 7.00. The molecule has 30 heavy (non-hydrogen) atoms. The van der Waals surface area contributed by atoms with Gasteiger partial charge in [-0.15, -0.1) is 0 Å². The molecule has 0 aliphatic heterocycles. The van der Waals surface area contributed by atoms with Crippen molar-refractivity contribution in [1.29, 1.82) is 0 Å². The van der Waals surface area contributed by atoms with E-state index in [1.807, 2.05) is 0 Å². The Morgan fingerprint density at radius 1 is 0.400 bits per heavy atom. The third kappa shape index (κ3) is 2540000. The fraction of sp³-hybridized carbons (Fsp3) is 0. The molecule has 0 aliphatic rings. The predicted octanol–water partition coefficient (Wildman–Crippen LogP) is -4.13. The molecule has 212 valence electrons. The van der Waals surface area contributed by atoms with Gasteiger partial charge in [0.15, 0.2) is 0 Å². The van der Waals surface area contributed by atoms with Gasteiger partial charge in [-0.3, -0.25) is 31.1 Å². The molecule has 0 aromatic rings. The summed E-state index contributed by atoms with van der Waals surface area (Å²) in [4.78, 5) is 0. The molecule has 25 nitrogen and oxygen atoms in total. The van der Waals surface area contributed by atoms with Crippen LogP contribution in [0.5, 0.6) is 0 Å². The number of nitrogens with two attached hydrogens (primary N) is 1. The Morgan fingerprint density at radius 3 is 0.400 bits per heavy atom. The zero-order valence-electron chi connectivity index (χ0n) is 15.8. The van der Waals surface area contributed by atoms with E-state index in [1.54, 1.807) is 0 Å². The second-order valence-electron chi connectivity index (χ2n) is 1.22. The van der Waals surface area contributed by atoms with Crippen LogP contribution >= 0.6 is 0 Å². The van der Waals surface area contributed by atoms with Gasteiger partial charge in [0.25, 0.3) is 0 Å². The van der Waals surface area contributed by atoms with Crippen molar-refractivity contribution in [3.8, 4) is 0 Å². The van der Waals surface area contributed by atoms with Gasteiger partial charge in [-0.05, 0) is 0 Å². The molecule has 0 atom stereocenters. The number of rotatable bonds is 0. The molecule has 0 aromatic heterocycles. The molecule has 0 rings (SSSR count). The van der Waals surface area contributed by atoms with Gasteiger partial charge in [0.05, 0.1) is 0 Å². The molecule has 0 radical (unpaired) electrons. The number of hydrogen-bond acceptors (Lipinski definition) is 24. The molecule has 0 fully saturated rings. The van der Waals surface area contributed by atoms with Crippen LogP contribution in [0.1, 0.15) is 0 Å². The molecule has 0 amide bonds. The average molecular weight is 626 g/mol. The Balaban J connectivity index is -0.00000000447. The Morgan fingerprint density at radius 2 is 0.400 bits per heavy atom.